The molecule has 0 radical (unpaired) electrons. The number of aryl methyl sites for hydroxylation is 2. The van der Waals surface area contributed by atoms with Gasteiger partial charge >= 0.3 is 0 Å². The fourth-order valence-corrected chi connectivity index (χ4v) is 2.31. The third-order valence-corrected chi connectivity index (χ3v) is 3.37. The summed E-state index contributed by atoms with van der Waals surface area (Å²) >= 11 is 0. The predicted octanol–water partition coefficient (Wildman–Crippen LogP) is 4.31. The van der Waals surface area contributed by atoms with Gasteiger partial charge in [0, 0.05) is 6.04 Å². The van der Waals surface area contributed by atoms with E-state index >= 15 is 0 Å². The summed E-state index contributed by atoms with van der Waals surface area (Å²) in [6.07, 6.45) is 1.72. The molecule has 2 atom stereocenters. The maximum atomic E-state index is 5.42. The smallest absolute Gasteiger partial charge is 0.120 e. The molecule has 96 valence electrons. The first-order valence-corrected chi connectivity index (χ1v) is 6.44. The fraction of sp³-hybridized carbons (Fsp3) is 0.375. The monoisotopic (exact) mass is 243 g/mol. The van der Waals surface area contributed by atoms with Gasteiger partial charge < -0.3 is 9.73 Å². The number of rotatable bonds is 4. The normalized spacial score (nSPS) is 14.4. The first-order chi connectivity index (χ1) is 8.58. The standard InChI is InChI=1S/C16H21NO/c1-11-7-8-12(2)15(10-11)13(3)17-14(4)16-6-5-9-18-16/h5-10,13-14,17H,1-4H3/t13?,14-/m0/s1. The molecule has 2 heteroatoms. The molecular weight excluding hydrogens is 222 g/mol. The van der Waals surface area contributed by atoms with Gasteiger partial charge in [0.2, 0.25) is 0 Å². The largest absolute Gasteiger partial charge is 0.468 e. The molecule has 0 aliphatic carbocycles. The number of furan rings is 1. The van der Waals surface area contributed by atoms with Crippen molar-refractivity contribution in [3.8, 4) is 0 Å². The topological polar surface area (TPSA) is 25.2 Å². The van der Waals surface area contributed by atoms with E-state index in [1.165, 1.54) is 16.7 Å². The van der Waals surface area contributed by atoms with E-state index in [0.717, 1.165) is 5.76 Å². The molecular formula is C16H21NO. The van der Waals surface area contributed by atoms with Gasteiger partial charge in [0.1, 0.15) is 5.76 Å². The predicted molar refractivity (Wildman–Crippen MR) is 74.6 cm³/mol. The molecule has 2 aromatic rings. The van der Waals surface area contributed by atoms with Crippen LogP contribution in [0.5, 0.6) is 0 Å². The molecule has 0 saturated carbocycles. The highest BCUT2D eigenvalue weighted by molar-refractivity contribution is 5.32. The summed E-state index contributed by atoms with van der Waals surface area (Å²) in [6.45, 7) is 8.61. The molecule has 0 aliphatic heterocycles. The Bertz CT molecular complexity index is 502. The maximum Gasteiger partial charge on any atom is 0.120 e. The zero-order valence-corrected chi connectivity index (χ0v) is 11.5. The highest BCUT2D eigenvalue weighted by Gasteiger charge is 2.14. The van der Waals surface area contributed by atoms with Crippen molar-refractivity contribution in [1.29, 1.82) is 0 Å². The van der Waals surface area contributed by atoms with Gasteiger partial charge in [-0.15, -0.1) is 0 Å². The Hall–Kier alpha value is -1.54. The molecule has 18 heavy (non-hydrogen) atoms. The van der Waals surface area contributed by atoms with Crippen LogP contribution in [-0.4, -0.2) is 0 Å². The number of hydrogen-bond donors (Lipinski definition) is 1. The summed E-state index contributed by atoms with van der Waals surface area (Å²) in [7, 11) is 0. The SMILES string of the molecule is Cc1ccc(C)c(C(C)N[C@@H](C)c2ccco2)c1. The van der Waals surface area contributed by atoms with E-state index in [4.69, 9.17) is 4.42 Å². The molecule has 2 rings (SSSR count). The van der Waals surface area contributed by atoms with Crippen LogP contribution in [0.2, 0.25) is 0 Å². The Morgan fingerprint density at radius 3 is 2.50 bits per heavy atom. The minimum atomic E-state index is 0.218. The van der Waals surface area contributed by atoms with Gasteiger partial charge in [-0.2, -0.15) is 0 Å². The Balaban J connectivity index is 2.12. The van der Waals surface area contributed by atoms with Crippen molar-refractivity contribution in [2.45, 2.75) is 39.8 Å². The van der Waals surface area contributed by atoms with Crippen molar-refractivity contribution >= 4 is 0 Å². The summed E-state index contributed by atoms with van der Waals surface area (Å²) in [4.78, 5) is 0. The molecule has 0 fully saturated rings. The molecule has 2 nitrogen and oxygen atoms in total. The number of benzene rings is 1. The third-order valence-electron chi connectivity index (χ3n) is 3.37. The lowest BCUT2D eigenvalue weighted by Crippen LogP contribution is -2.22. The number of nitrogens with one attached hydrogen (secondary N) is 1. The molecule has 0 bridgehead atoms. The maximum absolute atomic E-state index is 5.42. The molecule has 0 amide bonds. The summed E-state index contributed by atoms with van der Waals surface area (Å²) in [5, 5.41) is 3.57. The lowest BCUT2D eigenvalue weighted by Gasteiger charge is -2.21. The first kappa shape index (κ1) is 12.9. The number of hydrogen-bond acceptors (Lipinski definition) is 2. The quantitative estimate of drug-likeness (QED) is 0.865. The highest BCUT2D eigenvalue weighted by Crippen LogP contribution is 2.22. The Morgan fingerprint density at radius 2 is 1.83 bits per heavy atom. The van der Waals surface area contributed by atoms with E-state index in [1.54, 1.807) is 6.26 Å². The van der Waals surface area contributed by atoms with Crippen LogP contribution >= 0.6 is 0 Å². The summed E-state index contributed by atoms with van der Waals surface area (Å²) in [6, 6.07) is 11.0. The van der Waals surface area contributed by atoms with Crippen LogP contribution < -0.4 is 5.32 Å². The molecule has 1 aromatic carbocycles. The second-order valence-corrected chi connectivity index (χ2v) is 4.99. The van der Waals surface area contributed by atoms with E-state index in [0.29, 0.717) is 6.04 Å². The average Bonchev–Trinajstić information content (AvgIpc) is 2.85. The minimum Gasteiger partial charge on any atom is -0.468 e. The van der Waals surface area contributed by atoms with Gasteiger partial charge in [-0.1, -0.05) is 23.8 Å². The second kappa shape index (κ2) is 5.40. The first-order valence-electron chi connectivity index (χ1n) is 6.44. The summed E-state index contributed by atoms with van der Waals surface area (Å²) in [5.74, 6) is 0.979. The van der Waals surface area contributed by atoms with Gasteiger partial charge in [0.05, 0.1) is 12.3 Å². The fourth-order valence-electron chi connectivity index (χ4n) is 2.31. The van der Waals surface area contributed by atoms with Crippen LogP contribution in [-0.2, 0) is 0 Å². The lowest BCUT2D eigenvalue weighted by atomic mass is 9.99. The van der Waals surface area contributed by atoms with Crippen molar-refractivity contribution in [3.63, 3.8) is 0 Å². The van der Waals surface area contributed by atoms with E-state index in [1.807, 2.05) is 12.1 Å². The summed E-state index contributed by atoms with van der Waals surface area (Å²) < 4.78 is 5.42. The van der Waals surface area contributed by atoms with Gasteiger partial charge in [-0.3, -0.25) is 0 Å². The molecule has 0 aliphatic rings. The van der Waals surface area contributed by atoms with E-state index in [-0.39, 0.29) is 6.04 Å². The van der Waals surface area contributed by atoms with Crippen molar-refractivity contribution in [1.82, 2.24) is 5.32 Å². The third kappa shape index (κ3) is 2.82. The van der Waals surface area contributed by atoms with Gasteiger partial charge in [0.15, 0.2) is 0 Å². The van der Waals surface area contributed by atoms with Crippen LogP contribution in [0.15, 0.2) is 41.0 Å². The van der Waals surface area contributed by atoms with Crippen LogP contribution in [0.25, 0.3) is 0 Å². The van der Waals surface area contributed by atoms with Crippen molar-refractivity contribution in [3.05, 3.63) is 59.0 Å². The Labute approximate surface area is 109 Å². The van der Waals surface area contributed by atoms with E-state index in [9.17, 15) is 0 Å². The summed E-state index contributed by atoms with van der Waals surface area (Å²) in [5.41, 5.74) is 3.98. The Morgan fingerprint density at radius 1 is 1.06 bits per heavy atom. The van der Waals surface area contributed by atoms with Crippen LogP contribution in [0, 0.1) is 13.8 Å². The molecule has 1 heterocycles. The van der Waals surface area contributed by atoms with E-state index in [2.05, 4.69) is 51.2 Å². The molecule has 1 N–H and O–H groups in total. The highest BCUT2D eigenvalue weighted by atomic mass is 16.3. The Kier molecular flexibility index (Phi) is 3.87. The minimum absolute atomic E-state index is 0.218. The second-order valence-electron chi connectivity index (χ2n) is 4.99. The van der Waals surface area contributed by atoms with Crippen LogP contribution in [0.4, 0.5) is 0 Å². The average molecular weight is 243 g/mol. The lowest BCUT2D eigenvalue weighted by molar-refractivity contribution is 0.402. The van der Waals surface area contributed by atoms with Crippen LogP contribution in [0.1, 0.15) is 48.4 Å². The van der Waals surface area contributed by atoms with Crippen molar-refractivity contribution < 1.29 is 4.42 Å². The van der Waals surface area contributed by atoms with Crippen molar-refractivity contribution in [2.24, 2.45) is 0 Å². The molecule has 0 spiro atoms. The zero-order chi connectivity index (χ0) is 13.1. The molecule has 0 saturated heterocycles. The molecule has 1 unspecified atom stereocenters. The van der Waals surface area contributed by atoms with Gasteiger partial charge in [0.25, 0.3) is 0 Å². The van der Waals surface area contributed by atoms with Gasteiger partial charge in [-0.05, 0) is 51.0 Å². The van der Waals surface area contributed by atoms with Crippen LogP contribution in [0.3, 0.4) is 0 Å². The molecule has 1 aromatic heterocycles. The zero-order valence-electron chi connectivity index (χ0n) is 11.5. The van der Waals surface area contributed by atoms with Crippen molar-refractivity contribution in [2.75, 3.05) is 0 Å². The van der Waals surface area contributed by atoms with Gasteiger partial charge in [-0.25, -0.2) is 0 Å². The van der Waals surface area contributed by atoms with E-state index < -0.39 is 0 Å².